The predicted octanol–water partition coefficient (Wildman–Crippen LogP) is 2.27. The molecule has 1 unspecified atom stereocenters. The van der Waals surface area contributed by atoms with Crippen LogP contribution in [0.2, 0.25) is 0 Å². The van der Waals surface area contributed by atoms with Crippen molar-refractivity contribution < 1.29 is 0 Å². The van der Waals surface area contributed by atoms with Gasteiger partial charge in [-0.2, -0.15) is 0 Å². The minimum Gasteiger partial charge on any atom is -0.626 e. The van der Waals surface area contributed by atoms with Crippen molar-refractivity contribution in [3.63, 3.8) is 0 Å². The third kappa shape index (κ3) is 1.03. The molecule has 1 heterocycles. The molecule has 0 spiro atoms. The van der Waals surface area contributed by atoms with Gasteiger partial charge in [0.25, 0.3) is 0 Å². The van der Waals surface area contributed by atoms with Crippen LogP contribution in [0.3, 0.4) is 0 Å². The average Bonchev–Trinajstić information content (AvgIpc) is 2.29. The molecule has 12 heavy (non-hydrogen) atoms. The normalized spacial score (nSPS) is 26.6. The highest BCUT2D eigenvalue weighted by Crippen LogP contribution is 2.40. The number of anilines is 1. The first-order chi connectivity index (χ1) is 5.61. The number of hydrogen-bond donors (Lipinski definition) is 1. The van der Waals surface area contributed by atoms with E-state index in [1.165, 1.54) is 0 Å². The van der Waals surface area contributed by atoms with E-state index in [2.05, 4.69) is 21.2 Å². The molecule has 4 heteroatoms. The van der Waals surface area contributed by atoms with Gasteiger partial charge in [-0.05, 0) is 28.1 Å². The summed E-state index contributed by atoms with van der Waals surface area (Å²) in [5.41, 5.74) is 1.72. The Balaban J connectivity index is 2.64. The molecular formula is C8H9BrN2O. The second-order valence-corrected chi connectivity index (χ2v) is 3.93. The summed E-state index contributed by atoms with van der Waals surface area (Å²) in [6, 6.07) is 5.73. The van der Waals surface area contributed by atoms with E-state index >= 15 is 0 Å². The fourth-order valence-electron chi connectivity index (χ4n) is 1.45. The highest BCUT2D eigenvalue weighted by atomic mass is 79.9. The Hall–Kier alpha value is -0.580. The van der Waals surface area contributed by atoms with Crippen molar-refractivity contribution in [3.05, 3.63) is 27.9 Å². The molecule has 0 saturated heterocycles. The van der Waals surface area contributed by atoms with E-state index in [-0.39, 0.29) is 4.65 Å². The molecule has 64 valence electrons. The van der Waals surface area contributed by atoms with Crippen LogP contribution in [0.25, 0.3) is 0 Å². The molecule has 1 atom stereocenters. The first-order valence-corrected chi connectivity index (χ1v) is 4.50. The summed E-state index contributed by atoms with van der Waals surface area (Å²) in [6.07, 6.45) is 0. The summed E-state index contributed by atoms with van der Waals surface area (Å²) in [4.78, 5) is 0. The van der Waals surface area contributed by atoms with Gasteiger partial charge in [-0.3, -0.25) is 0 Å². The van der Waals surface area contributed by atoms with Crippen LogP contribution in [0, 0.1) is 5.21 Å². The lowest BCUT2D eigenvalue weighted by atomic mass is 10.3. The van der Waals surface area contributed by atoms with Crippen molar-refractivity contribution in [2.75, 3.05) is 19.0 Å². The minimum atomic E-state index is -0.350. The van der Waals surface area contributed by atoms with Crippen LogP contribution in [0.5, 0.6) is 0 Å². The Bertz CT molecular complexity index is 325. The van der Waals surface area contributed by atoms with E-state index in [1.54, 1.807) is 7.05 Å². The molecule has 1 aromatic rings. The number of quaternary nitrogens is 1. The fourth-order valence-corrected chi connectivity index (χ4v) is 2.20. The van der Waals surface area contributed by atoms with Crippen molar-refractivity contribution in [3.8, 4) is 0 Å². The zero-order valence-electron chi connectivity index (χ0n) is 6.67. The zero-order valence-corrected chi connectivity index (χ0v) is 8.26. The Morgan fingerprint density at radius 2 is 2.33 bits per heavy atom. The number of benzene rings is 1. The van der Waals surface area contributed by atoms with Crippen molar-refractivity contribution >= 4 is 27.3 Å². The lowest BCUT2D eigenvalue weighted by molar-refractivity contribution is 0.499. The summed E-state index contributed by atoms with van der Waals surface area (Å²) in [6.45, 7) is 0.415. The van der Waals surface area contributed by atoms with Crippen LogP contribution in [-0.2, 0) is 0 Å². The van der Waals surface area contributed by atoms with Gasteiger partial charge in [0.15, 0.2) is 12.4 Å². The SMILES string of the molecule is C[N+]1([O-])CNc2cccc(Br)c21. The summed E-state index contributed by atoms with van der Waals surface area (Å²) in [5.74, 6) is 0. The van der Waals surface area contributed by atoms with E-state index in [0.29, 0.717) is 6.67 Å². The van der Waals surface area contributed by atoms with Crippen LogP contribution >= 0.6 is 15.9 Å². The first-order valence-electron chi connectivity index (χ1n) is 3.71. The largest absolute Gasteiger partial charge is 0.626 e. The maximum atomic E-state index is 11.8. The van der Waals surface area contributed by atoms with E-state index in [4.69, 9.17) is 0 Å². The number of halogens is 1. The molecule has 0 aliphatic carbocycles. The molecule has 1 aliphatic rings. The van der Waals surface area contributed by atoms with Crippen molar-refractivity contribution in [1.29, 1.82) is 0 Å². The van der Waals surface area contributed by atoms with Gasteiger partial charge in [0, 0.05) is 0 Å². The van der Waals surface area contributed by atoms with E-state index in [1.807, 2.05) is 18.2 Å². The molecule has 0 amide bonds. The summed E-state index contributed by atoms with van der Waals surface area (Å²) in [7, 11) is 1.64. The van der Waals surface area contributed by atoms with Gasteiger partial charge in [0.05, 0.1) is 11.5 Å². The van der Waals surface area contributed by atoms with Crippen LogP contribution in [0.15, 0.2) is 22.7 Å². The summed E-state index contributed by atoms with van der Waals surface area (Å²) in [5, 5.41) is 14.9. The van der Waals surface area contributed by atoms with Gasteiger partial charge >= 0.3 is 0 Å². The number of para-hydroxylation sites is 1. The zero-order chi connectivity index (χ0) is 8.77. The minimum absolute atomic E-state index is 0.350. The highest BCUT2D eigenvalue weighted by Gasteiger charge is 2.28. The maximum Gasteiger partial charge on any atom is 0.172 e. The first kappa shape index (κ1) is 8.04. The number of nitrogens with one attached hydrogen (secondary N) is 1. The van der Waals surface area contributed by atoms with Gasteiger partial charge in [-0.25, -0.2) is 0 Å². The van der Waals surface area contributed by atoms with Crippen molar-refractivity contribution in [2.24, 2.45) is 0 Å². The lowest BCUT2D eigenvalue weighted by Gasteiger charge is -2.32. The Labute approximate surface area is 79.3 Å². The van der Waals surface area contributed by atoms with E-state index in [9.17, 15) is 5.21 Å². The molecular weight excluding hydrogens is 220 g/mol. The van der Waals surface area contributed by atoms with Crippen LogP contribution < -0.4 is 9.96 Å². The Morgan fingerprint density at radius 1 is 1.58 bits per heavy atom. The topological polar surface area (TPSA) is 35.1 Å². The van der Waals surface area contributed by atoms with Gasteiger partial charge in [-0.1, -0.05) is 6.07 Å². The summed E-state index contributed by atoms with van der Waals surface area (Å²) >= 11 is 3.37. The standard InChI is InChI=1S/C8H9BrN2O/c1-11(12)5-10-7-4-2-3-6(9)8(7)11/h2-4,10H,5H2,1H3. The van der Waals surface area contributed by atoms with Gasteiger partial charge < -0.3 is 15.2 Å². The van der Waals surface area contributed by atoms with Gasteiger partial charge in [0.1, 0.15) is 5.69 Å². The maximum absolute atomic E-state index is 11.8. The Kier molecular flexibility index (Phi) is 1.64. The third-order valence-corrected chi connectivity index (χ3v) is 2.67. The number of rotatable bonds is 0. The number of fused-ring (bicyclic) bond motifs is 1. The predicted molar refractivity (Wildman–Crippen MR) is 53.7 cm³/mol. The fraction of sp³-hybridized carbons (Fsp3) is 0.250. The molecule has 3 nitrogen and oxygen atoms in total. The molecule has 2 rings (SSSR count). The van der Waals surface area contributed by atoms with Crippen LogP contribution in [-0.4, -0.2) is 13.7 Å². The molecule has 1 aliphatic heterocycles. The van der Waals surface area contributed by atoms with Crippen molar-refractivity contribution in [2.45, 2.75) is 0 Å². The third-order valence-electron chi connectivity index (χ3n) is 2.03. The highest BCUT2D eigenvalue weighted by molar-refractivity contribution is 9.10. The number of hydroxylamine groups is 2. The molecule has 0 radical (unpaired) electrons. The average molecular weight is 229 g/mol. The number of hydrogen-bond acceptors (Lipinski definition) is 2. The van der Waals surface area contributed by atoms with E-state index in [0.717, 1.165) is 15.8 Å². The van der Waals surface area contributed by atoms with Crippen LogP contribution in [0.1, 0.15) is 0 Å². The van der Waals surface area contributed by atoms with Crippen molar-refractivity contribution in [1.82, 2.24) is 4.65 Å². The second kappa shape index (κ2) is 2.45. The van der Waals surface area contributed by atoms with Gasteiger partial charge in [0.2, 0.25) is 0 Å². The smallest absolute Gasteiger partial charge is 0.172 e. The quantitative estimate of drug-likeness (QED) is 0.547. The molecule has 0 bridgehead atoms. The molecule has 1 N–H and O–H groups in total. The van der Waals surface area contributed by atoms with E-state index < -0.39 is 0 Å². The second-order valence-electron chi connectivity index (χ2n) is 3.07. The molecule has 0 saturated carbocycles. The number of nitrogens with zero attached hydrogens (tertiary/aromatic N) is 1. The van der Waals surface area contributed by atoms with Crippen LogP contribution in [0.4, 0.5) is 11.4 Å². The summed E-state index contributed by atoms with van der Waals surface area (Å²) < 4.78 is 0.527. The Morgan fingerprint density at radius 3 is 3.00 bits per heavy atom. The monoisotopic (exact) mass is 228 g/mol. The lowest BCUT2D eigenvalue weighted by Crippen LogP contribution is -2.37. The molecule has 1 aromatic carbocycles. The molecule has 0 fully saturated rings. The molecule has 0 aromatic heterocycles. The van der Waals surface area contributed by atoms with Gasteiger partial charge in [-0.15, -0.1) is 0 Å².